The molecule has 2 aliphatic rings. The summed E-state index contributed by atoms with van der Waals surface area (Å²) < 4.78 is 51.4. The van der Waals surface area contributed by atoms with Crippen molar-refractivity contribution >= 4 is 27.1 Å². The number of rotatable bonds is 8. The Hall–Kier alpha value is -3.02. The first-order valence-corrected chi connectivity index (χ1v) is 13.4. The molecule has 9 nitrogen and oxygen atoms in total. The van der Waals surface area contributed by atoms with E-state index < -0.39 is 21.1 Å². The fourth-order valence-corrected chi connectivity index (χ4v) is 5.75. The molecule has 0 bridgehead atoms. The van der Waals surface area contributed by atoms with Crippen molar-refractivity contribution in [1.29, 1.82) is 0 Å². The van der Waals surface area contributed by atoms with Crippen molar-refractivity contribution in [3.63, 3.8) is 0 Å². The zero-order valence-corrected chi connectivity index (χ0v) is 20.8. The molecule has 2 fully saturated rings. The van der Waals surface area contributed by atoms with Crippen molar-refractivity contribution in [2.75, 3.05) is 25.1 Å². The highest BCUT2D eigenvalue weighted by atomic mass is 35.5. The Labute approximate surface area is 212 Å². The lowest BCUT2D eigenvalue weighted by Crippen LogP contribution is -2.40. The van der Waals surface area contributed by atoms with E-state index in [2.05, 4.69) is 15.4 Å². The molecule has 1 aliphatic heterocycles. The van der Waals surface area contributed by atoms with Gasteiger partial charge in [0.05, 0.1) is 47.1 Å². The molecule has 1 N–H and O–H groups in total. The fraction of sp³-hybridized carbons (Fsp3) is 0.375. The second-order valence-corrected chi connectivity index (χ2v) is 11.5. The van der Waals surface area contributed by atoms with Crippen LogP contribution in [0.1, 0.15) is 25.7 Å². The van der Waals surface area contributed by atoms with Crippen LogP contribution in [0, 0.1) is 0 Å². The summed E-state index contributed by atoms with van der Waals surface area (Å²) in [4.78, 5) is 17.2. The highest BCUT2D eigenvalue weighted by Crippen LogP contribution is 2.34. The quantitative estimate of drug-likeness (QED) is 0.462. The lowest BCUT2D eigenvalue weighted by atomic mass is 9.99. The van der Waals surface area contributed by atoms with Gasteiger partial charge in [-0.2, -0.15) is 9.78 Å². The van der Waals surface area contributed by atoms with Crippen molar-refractivity contribution in [2.45, 2.75) is 41.5 Å². The molecule has 1 aromatic carbocycles. The number of anilines is 1. The van der Waals surface area contributed by atoms with Gasteiger partial charge in [-0.15, -0.1) is 0 Å². The number of alkyl halides is 1. The maximum atomic E-state index is 14.8. The van der Waals surface area contributed by atoms with Crippen molar-refractivity contribution in [1.82, 2.24) is 14.8 Å². The molecule has 190 valence electrons. The first kappa shape index (κ1) is 24.7. The summed E-state index contributed by atoms with van der Waals surface area (Å²) in [6, 6.07) is 9.32. The average molecular weight is 535 g/mol. The molecule has 12 heteroatoms. The number of ether oxygens (including phenoxy) is 2. The topological polar surface area (TPSA) is 112 Å². The Morgan fingerprint density at radius 1 is 1.19 bits per heavy atom. The highest BCUT2D eigenvalue weighted by Gasteiger charge is 2.36. The third kappa shape index (κ3) is 5.23. The van der Waals surface area contributed by atoms with Crippen LogP contribution in [0.4, 0.5) is 10.1 Å². The van der Waals surface area contributed by atoms with Crippen LogP contribution >= 0.6 is 11.6 Å². The van der Waals surface area contributed by atoms with E-state index in [4.69, 9.17) is 21.1 Å². The van der Waals surface area contributed by atoms with E-state index in [-0.39, 0.29) is 39.9 Å². The maximum Gasteiger partial charge on any atom is 0.292 e. The van der Waals surface area contributed by atoms with Crippen molar-refractivity contribution in [3.05, 3.63) is 64.2 Å². The largest absolute Gasteiger partial charge is 0.439 e. The van der Waals surface area contributed by atoms with Gasteiger partial charge in [0.15, 0.2) is 15.5 Å². The zero-order chi connectivity index (χ0) is 25.3. The molecule has 1 saturated carbocycles. The number of hydrogen-bond acceptors (Lipinski definition) is 8. The fourth-order valence-electron chi connectivity index (χ4n) is 3.90. The van der Waals surface area contributed by atoms with Crippen LogP contribution in [0.2, 0.25) is 5.02 Å². The van der Waals surface area contributed by atoms with Crippen LogP contribution in [0.15, 0.2) is 58.5 Å². The van der Waals surface area contributed by atoms with E-state index in [9.17, 15) is 17.6 Å². The molecule has 5 rings (SSSR count). The van der Waals surface area contributed by atoms with Gasteiger partial charge in [-0.3, -0.25) is 4.79 Å². The second kappa shape index (κ2) is 9.79. The van der Waals surface area contributed by atoms with Gasteiger partial charge < -0.3 is 14.8 Å². The number of benzene rings is 1. The molecule has 3 aromatic rings. The van der Waals surface area contributed by atoms with E-state index in [1.807, 2.05) is 0 Å². The van der Waals surface area contributed by atoms with Gasteiger partial charge in [-0.1, -0.05) is 11.6 Å². The lowest BCUT2D eigenvalue weighted by Gasteiger charge is -2.29. The summed E-state index contributed by atoms with van der Waals surface area (Å²) in [5.41, 5.74) is -1.52. The van der Waals surface area contributed by atoms with Gasteiger partial charge in [0.1, 0.15) is 10.8 Å². The summed E-state index contributed by atoms with van der Waals surface area (Å²) in [5, 5.41) is 6.60. The normalized spacial score (nSPS) is 20.2. The van der Waals surface area contributed by atoms with E-state index in [0.717, 1.165) is 4.68 Å². The van der Waals surface area contributed by atoms with E-state index in [0.29, 0.717) is 43.7 Å². The first-order valence-electron chi connectivity index (χ1n) is 11.5. The minimum atomic E-state index is -3.27. The first-order chi connectivity index (χ1) is 17.2. The summed E-state index contributed by atoms with van der Waals surface area (Å²) in [7, 11) is -3.27. The van der Waals surface area contributed by atoms with Gasteiger partial charge in [0, 0.05) is 12.7 Å². The van der Waals surface area contributed by atoms with Crippen LogP contribution < -0.4 is 15.6 Å². The molecule has 0 amide bonds. The number of aromatic nitrogens is 3. The average Bonchev–Trinajstić information content (AvgIpc) is 3.73. The molecule has 2 aromatic heterocycles. The van der Waals surface area contributed by atoms with Crippen molar-refractivity contribution < 1.29 is 22.3 Å². The molecule has 0 radical (unpaired) electrons. The van der Waals surface area contributed by atoms with Gasteiger partial charge in [0.25, 0.3) is 5.56 Å². The second-order valence-electron chi connectivity index (χ2n) is 8.92. The van der Waals surface area contributed by atoms with Crippen LogP contribution in [0.3, 0.4) is 0 Å². The Kier molecular flexibility index (Phi) is 6.71. The SMILES string of the molecule is O=c1c(Cl)c(NC[C@]2(F)CCCOC2)cnn1-c1ccc(Oc2ccc(S(=O)(=O)C3CC3)cc2)nc1. The van der Waals surface area contributed by atoms with E-state index in [1.54, 1.807) is 24.3 Å². The number of sulfone groups is 1. The smallest absolute Gasteiger partial charge is 0.292 e. The minimum absolute atomic E-state index is 0.00802. The summed E-state index contributed by atoms with van der Waals surface area (Å²) >= 11 is 6.24. The Bertz CT molecular complexity index is 1400. The van der Waals surface area contributed by atoms with Crippen LogP contribution in [0.25, 0.3) is 5.69 Å². The molecule has 36 heavy (non-hydrogen) atoms. The third-order valence-electron chi connectivity index (χ3n) is 6.09. The summed E-state index contributed by atoms with van der Waals surface area (Å²) in [6.45, 7) is 0.490. The van der Waals surface area contributed by atoms with E-state index >= 15 is 0 Å². The van der Waals surface area contributed by atoms with Crippen LogP contribution in [-0.2, 0) is 14.6 Å². The van der Waals surface area contributed by atoms with Crippen molar-refractivity contribution in [3.8, 4) is 17.3 Å². The van der Waals surface area contributed by atoms with Gasteiger partial charge in [0.2, 0.25) is 5.88 Å². The van der Waals surface area contributed by atoms with Crippen LogP contribution in [0.5, 0.6) is 11.6 Å². The maximum absolute atomic E-state index is 14.8. The molecule has 1 atom stereocenters. The zero-order valence-electron chi connectivity index (χ0n) is 19.2. The number of pyridine rings is 1. The third-order valence-corrected chi connectivity index (χ3v) is 8.74. The van der Waals surface area contributed by atoms with Crippen LogP contribution in [-0.4, -0.2) is 53.9 Å². The predicted molar refractivity (Wildman–Crippen MR) is 132 cm³/mol. The summed E-state index contributed by atoms with van der Waals surface area (Å²) in [5.74, 6) is 0.671. The molecule has 1 saturated heterocycles. The molecular weight excluding hydrogens is 511 g/mol. The number of nitrogens with zero attached hydrogens (tertiary/aromatic N) is 3. The van der Waals surface area contributed by atoms with E-state index in [1.165, 1.54) is 24.5 Å². The Balaban J connectivity index is 1.26. The molecule has 0 unspecified atom stereocenters. The van der Waals surface area contributed by atoms with Gasteiger partial charge >= 0.3 is 0 Å². The number of halogens is 2. The lowest BCUT2D eigenvalue weighted by molar-refractivity contribution is -0.0234. The monoisotopic (exact) mass is 534 g/mol. The Morgan fingerprint density at radius 3 is 2.61 bits per heavy atom. The molecule has 1 aliphatic carbocycles. The van der Waals surface area contributed by atoms with Gasteiger partial charge in [-0.05, 0) is 56.0 Å². The number of hydrogen-bond donors (Lipinski definition) is 1. The predicted octanol–water partition coefficient (Wildman–Crippen LogP) is 3.94. The molecule has 3 heterocycles. The minimum Gasteiger partial charge on any atom is -0.439 e. The molecule has 0 spiro atoms. The number of nitrogens with one attached hydrogen (secondary N) is 1. The van der Waals surface area contributed by atoms with Crippen molar-refractivity contribution in [2.24, 2.45) is 0 Å². The Morgan fingerprint density at radius 2 is 1.97 bits per heavy atom. The standard InChI is InChI=1S/C24H24ClFN4O5S/c25-22-20(28-14-24(26)10-1-11-34-15-24)13-29-30(23(22)31)16-2-9-21(27-12-16)35-17-3-5-18(6-4-17)36(32,33)19-7-8-19/h2-6,9,12-13,19,28H,1,7-8,10-11,14-15H2/t24-/m1/s1. The summed E-state index contributed by atoms with van der Waals surface area (Å²) in [6.07, 6.45) is 5.16. The highest BCUT2D eigenvalue weighted by molar-refractivity contribution is 7.92. The van der Waals surface area contributed by atoms with Gasteiger partial charge in [-0.25, -0.2) is 17.8 Å². The molecular formula is C24H24ClFN4O5S.